The van der Waals surface area contributed by atoms with E-state index in [1.807, 2.05) is 6.07 Å². The van der Waals surface area contributed by atoms with Crippen molar-refractivity contribution in [3.05, 3.63) is 59.5 Å². The molecule has 0 spiro atoms. The quantitative estimate of drug-likeness (QED) is 0.453. The number of phenols is 1. The Labute approximate surface area is 200 Å². The molecule has 0 atom stereocenters. The molecule has 2 aliphatic rings. The van der Waals surface area contributed by atoms with Crippen molar-refractivity contribution in [1.82, 2.24) is 26.4 Å². The second kappa shape index (κ2) is 9.07. The predicted octanol–water partition coefficient (Wildman–Crippen LogP) is 3.12. The zero-order valence-corrected chi connectivity index (χ0v) is 19.1. The summed E-state index contributed by atoms with van der Waals surface area (Å²) in [5.74, 6) is 0.211. The van der Waals surface area contributed by atoms with E-state index in [2.05, 4.69) is 26.3 Å². The zero-order valence-electron chi connectivity index (χ0n) is 18.3. The molecule has 4 N–H and O–H groups in total. The minimum atomic E-state index is -0.495. The van der Waals surface area contributed by atoms with Gasteiger partial charge in [0.1, 0.15) is 17.4 Å². The van der Waals surface area contributed by atoms with E-state index in [1.165, 1.54) is 22.2 Å². The fraction of sp³-hybridized carbons (Fsp3) is 0.217. The van der Waals surface area contributed by atoms with Crippen LogP contribution in [-0.4, -0.2) is 54.4 Å². The summed E-state index contributed by atoms with van der Waals surface area (Å²) in [7, 11) is 1.57. The molecule has 0 unspecified atom stereocenters. The maximum Gasteiger partial charge on any atom is 0.355 e. The molecule has 5 rings (SSSR count). The largest absolute Gasteiger partial charge is 0.507 e. The van der Waals surface area contributed by atoms with E-state index in [-0.39, 0.29) is 16.8 Å². The fourth-order valence-electron chi connectivity index (χ4n) is 4.08. The number of carbonyl (C=O) groups is 1. The molecule has 34 heavy (non-hydrogen) atoms. The minimum absolute atomic E-state index is 0.0700. The van der Waals surface area contributed by atoms with Gasteiger partial charge in [-0.15, -0.1) is 11.1 Å². The number of amides is 2. The number of aromatic nitrogens is 1. The molecule has 11 heteroatoms. The standard InChI is InChI=1S/C23H23ClFN7O2/c1-30-23(34)32(29-28-30)20-3-2-14(10-19(20)24)17-12-16(25)13-18(22(17)33)15-4-5-27-21(11-15)31-8-6-26-7-9-31/h2-5,10-13,26,28-29,33H,6-9H2,1H3. The molecule has 2 saturated heterocycles. The molecule has 176 valence electrons. The van der Waals surface area contributed by atoms with Crippen LogP contribution in [0.15, 0.2) is 48.7 Å². The van der Waals surface area contributed by atoms with Gasteiger partial charge in [0.2, 0.25) is 0 Å². The van der Waals surface area contributed by atoms with E-state index in [1.54, 1.807) is 37.5 Å². The van der Waals surface area contributed by atoms with Gasteiger partial charge in [-0.05, 0) is 47.5 Å². The van der Waals surface area contributed by atoms with Crippen molar-refractivity contribution < 1.29 is 14.3 Å². The fourth-order valence-corrected chi connectivity index (χ4v) is 4.35. The van der Waals surface area contributed by atoms with E-state index in [4.69, 9.17) is 11.6 Å². The molecule has 9 nitrogen and oxygen atoms in total. The smallest absolute Gasteiger partial charge is 0.355 e. The van der Waals surface area contributed by atoms with Crippen molar-refractivity contribution in [2.24, 2.45) is 0 Å². The highest BCUT2D eigenvalue weighted by Gasteiger charge is 2.28. The predicted molar refractivity (Wildman–Crippen MR) is 129 cm³/mol. The lowest BCUT2D eigenvalue weighted by atomic mass is 9.97. The summed E-state index contributed by atoms with van der Waals surface area (Å²) >= 11 is 6.45. The number of carbonyl (C=O) groups excluding carboxylic acids is 1. The highest BCUT2D eigenvalue weighted by atomic mass is 35.5. The van der Waals surface area contributed by atoms with Crippen LogP contribution in [0.1, 0.15) is 0 Å². The number of hydrazine groups is 3. The molecule has 2 amide bonds. The van der Waals surface area contributed by atoms with Crippen LogP contribution in [0.3, 0.4) is 0 Å². The van der Waals surface area contributed by atoms with Crippen LogP contribution in [0.25, 0.3) is 22.3 Å². The van der Waals surface area contributed by atoms with Crippen LogP contribution in [-0.2, 0) is 0 Å². The monoisotopic (exact) mass is 483 g/mol. The second-order valence-electron chi connectivity index (χ2n) is 8.06. The molecule has 3 heterocycles. The number of phenolic OH excluding ortho intramolecular Hbond substituents is 1. The molecule has 0 aliphatic carbocycles. The summed E-state index contributed by atoms with van der Waals surface area (Å²) in [6.45, 7) is 3.37. The Bertz CT molecular complexity index is 1250. The Kier molecular flexibility index (Phi) is 5.96. The van der Waals surface area contributed by atoms with Crippen molar-refractivity contribution in [2.75, 3.05) is 43.1 Å². The van der Waals surface area contributed by atoms with Gasteiger partial charge in [0, 0.05) is 50.6 Å². The minimum Gasteiger partial charge on any atom is -0.507 e. The number of hydrogen-bond acceptors (Lipinski definition) is 7. The van der Waals surface area contributed by atoms with Crippen molar-refractivity contribution in [3.63, 3.8) is 0 Å². The lowest BCUT2D eigenvalue weighted by Gasteiger charge is -2.28. The topological polar surface area (TPSA) is 96.0 Å². The molecular weight excluding hydrogens is 461 g/mol. The Hall–Kier alpha value is -3.44. The van der Waals surface area contributed by atoms with Crippen LogP contribution in [0, 0.1) is 5.82 Å². The summed E-state index contributed by atoms with van der Waals surface area (Å²) < 4.78 is 14.7. The van der Waals surface area contributed by atoms with Gasteiger partial charge >= 0.3 is 6.03 Å². The summed E-state index contributed by atoms with van der Waals surface area (Å²) in [4.78, 5) is 18.8. The van der Waals surface area contributed by atoms with E-state index >= 15 is 0 Å². The number of halogens is 2. The Morgan fingerprint density at radius 2 is 1.74 bits per heavy atom. The molecule has 0 bridgehead atoms. The molecule has 2 fully saturated rings. The highest BCUT2D eigenvalue weighted by Crippen LogP contribution is 2.41. The number of nitrogens with zero attached hydrogens (tertiary/aromatic N) is 4. The first-order valence-corrected chi connectivity index (χ1v) is 11.1. The van der Waals surface area contributed by atoms with Gasteiger partial charge in [0.15, 0.2) is 0 Å². The zero-order chi connectivity index (χ0) is 23.8. The van der Waals surface area contributed by atoms with Gasteiger partial charge in [-0.25, -0.2) is 24.2 Å². The number of nitrogens with one attached hydrogen (secondary N) is 3. The summed E-state index contributed by atoms with van der Waals surface area (Å²) in [6, 6.07) is 10.7. The Morgan fingerprint density at radius 3 is 2.38 bits per heavy atom. The third-order valence-electron chi connectivity index (χ3n) is 5.88. The number of anilines is 2. The van der Waals surface area contributed by atoms with Crippen LogP contribution < -0.4 is 26.3 Å². The number of benzene rings is 2. The molecule has 2 aliphatic heterocycles. The van der Waals surface area contributed by atoms with Crippen molar-refractivity contribution in [2.45, 2.75) is 0 Å². The van der Waals surface area contributed by atoms with E-state index in [0.29, 0.717) is 27.9 Å². The first-order valence-electron chi connectivity index (χ1n) is 10.8. The first kappa shape index (κ1) is 22.4. The molecular formula is C23H23ClFN7O2. The lowest BCUT2D eigenvalue weighted by molar-refractivity contribution is 0.214. The maximum absolute atomic E-state index is 14.7. The number of aromatic hydroxyl groups is 1. The SMILES string of the molecule is CN1NNN(c2ccc(-c3cc(F)cc(-c4ccnc(N5CCNCC5)c4)c3O)cc2Cl)C1=O. The van der Waals surface area contributed by atoms with Gasteiger partial charge in [-0.1, -0.05) is 17.7 Å². The van der Waals surface area contributed by atoms with Gasteiger partial charge < -0.3 is 15.3 Å². The van der Waals surface area contributed by atoms with E-state index in [0.717, 1.165) is 32.0 Å². The van der Waals surface area contributed by atoms with Crippen molar-refractivity contribution >= 4 is 29.1 Å². The number of piperazine rings is 1. The Morgan fingerprint density at radius 1 is 1.03 bits per heavy atom. The van der Waals surface area contributed by atoms with Gasteiger partial charge in [0.25, 0.3) is 0 Å². The second-order valence-corrected chi connectivity index (χ2v) is 8.46. The Balaban J connectivity index is 1.51. The van der Waals surface area contributed by atoms with Gasteiger partial charge in [-0.3, -0.25) is 0 Å². The average molecular weight is 484 g/mol. The molecule has 2 aromatic carbocycles. The van der Waals surface area contributed by atoms with E-state index in [9.17, 15) is 14.3 Å². The normalized spacial score (nSPS) is 16.4. The number of hydrogen-bond donors (Lipinski definition) is 4. The van der Waals surface area contributed by atoms with Crippen LogP contribution in [0.4, 0.5) is 20.7 Å². The summed E-state index contributed by atoms with van der Waals surface area (Å²) in [6.07, 6.45) is 1.66. The van der Waals surface area contributed by atoms with Crippen LogP contribution in [0.5, 0.6) is 5.75 Å². The van der Waals surface area contributed by atoms with Gasteiger partial charge in [0.05, 0.1) is 10.7 Å². The lowest BCUT2D eigenvalue weighted by Crippen LogP contribution is -2.43. The number of rotatable bonds is 4. The van der Waals surface area contributed by atoms with Crippen molar-refractivity contribution in [1.29, 1.82) is 0 Å². The third kappa shape index (κ3) is 4.12. The van der Waals surface area contributed by atoms with E-state index < -0.39 is 5.82 Å². The molecule has 1 aromatic heterocycles. The third-order valence-corrected chi connectivity index (χ3v) is 6.18. The number of pyridine rings is 1. The van der Waals surface area contributed by atoms with Gasteiger partial charge in [-0.2, -0.15) is 0 Å². The summed E-state index contributed by atoms with van der Waals surface area (Å²) in [5.41, 5.74) is 7.60. The number of urea groups is 1. The maximum atomic E-state index is 14.7. The average Bonchev–Trinajstić information content (AvgIpc) is 3.18. The molecule has 3 aromatic rings. The molecule has 0 radical (unpaired) electrons. The van der Waals surface area contributed by atoms with Crippen LogP contribution >= 0.6 is 11.6 Å². The first-order chi connectivity index (χ1) is 16.4. The van der Waals surface area contributed by atoms with Crippen molar-refractivity contribution in [3.8, 4) is 28.0 Å². The van der Waals surface area contributed by atoms with Crippen LogP contribution in [0.2, 0.25) is 5.02 Å². The highest BCUT2D eigenvalue weighted by molar-refractivity contribution is 6.34. The molecule has 0 saturated carbocycles. The summed E-state index contributed by atoms with van der Waals surface area (Å²) in [5, 5.41) is 17.2.